The Bertz CT molecular complexity index is 878. The van der Waals surface area contributed by atoms with Gasteiger partial charge in [0.05, 0.1) is 11.0 Å². The van der Waals surface area contributed by atoms with Gasteiger partial charge in [0.15, 0.2) is 0 Å². The van der Waals surface area contributed by atoms with Gasteiger partial charge in [0.25, 0.3) is 0 Å². The molecule has 1 saturated heterocycles. The summed E-state index contributed by atoms with van der Waals surface area (Å²) in [7, 11) is -3.48. The molecule has 132 valence electrons. The first-order valence-corrected chi connectivity index (χ1v) is 10.5. The normalized spacial score (nSPS) is 18.0. The highest BCUT2D eigenvalue weighted by atomic mass is 32.2. The third-order valence-electron chi connectivity index (χ3n) is 4.69. The molecule has 1 aliphatic rings. The summed E-state index contributed by atoms with van der Waals surface area (Å²) in [5, 5.41) is 11.5. The summed E-state index contributed by atoms with van der Waals surface area (Å²) < 4.78 is 27.3. The molecule has 1 aliphatic heterocycles. The topological polar surface area (TPSA) is 64.4 Å². The van der Waals surface area contributed by atoms with Crippen molar-refractivity contribution in [2.24, 2.45) is 0 Å². The predicted molar refractivity (Wildman–Crippen MR) is 98.9 cm³/mol. The van der Waals surface area contributed by atoms with Crippen molar-refractivity contribution >= 4 is 21.4 Å². The molecule has 7 heteroatoms. The summed E-state index contributed by atoms with van der Waals surface area (Å²) >= 11 is 1.56. The van der Waals surface area contributed by atoms with E-state index in [1.807, 2.05) is 37.4 Å². The number of nitrogens with zero attached hydrogens (tertiary/aromatic N) is 3. The highest BCUT2D eigenvalue weighted by Gasteiger charge is 2.32. The number of aryl methyl sites for hydroxylation is 2. The Balaban J connectivity index is 1.73. The molecule has 0 amide bonds. The molecule has 25 heavy (non-hydrogen) atoms. The SMILES string of the molecule is Cc1ccc(S(=O)(=O)N2CCN(C(C#N)c3cccs3)CC2)cc1C. The molecule has 2 heterocycles. The summed E-state index contributed by atoms with van der Waals surface area (Å²) in [6, 6.07) is 11.2. The fourth-order valence-corrected chi connectivity index (χ4v) is 5.31. The van der Waals surface area contributed by atoms with Gasteiger partial charge in [-0.2, -0.15) is 9.57 Å². The van der Waals surface area contributed by atoms with Gasteiger partial charge in [0.1, 0.15) is 6.04 Å². The predicted octanol–water partition coefficient (Wildman–Crippen LogP) is 2.94. The fourth-order valence-electron chi connectivity index (χ4n) is 3.00. The highest BCUT2D eigenvalue weighted by Crippen LogP contribution is 2.27. The van der Waals surface area contributed by atoms with Crippen LogP contribution >= 0.6 is 11.3 Å². The van der Waals surface area contributed by atoms with Crippen LogP contribution in [0.4, 0.5) is 0 Å². The maximum atomic E-state index is 12.9. The molecule has 1 aromatic heterocycles. The largest absolute Gasteiger partial charge is 0.281 e. The maximum absolute atomic E-state index is 12.9. The molecule has 0 spiro atoms. The molecule has 0 bridgehead atoms. The molecule has 5 nitrogen and oxygen atoms in total. The molecule has 0 aliphatic carbocycles. The van der Waals surface area contributed by atoms with Gasteiger partial charge in [-0.1, -0.05) is 12.1 Å². The summed E-state index contributed by atoms with van der Waals surface area (Å²) in [6.45, 7) is 5.81. The van der Waals surface area contributed by atoms with Crippen LogP contribution in [0.5, 0.6) is 0 Å². The van der Waals surface area contributed by atoms with Crippen LogP contribution in [0.1, 0.15) is 22.0 Å². The van der Waals surface area contributed by atoms with Gasteiger partial charge in [-0.05, 0) is 48.6 Å². The lowest BCUT2D eigenvalue weighted by Crippen LogP contribution is -2.49. The van der Waals surface area contributed by atoms with Crippen LogP contribution in [0.25, 0.3) is 0 Å². The monoisotopic (exact) mass is 375 g/mol. The van der Waals surface area contributed by atoms with Crippen LogP contribution in [0.3, 0.4) is 0 Å². The third-order valence-corrected chi connectivity index (χ3v) is 7.51. The summed E-state index contributed by atoms with van der Waals surface area (Å²) in [4.78, 5) is 3.41. The van der Waals surface area contributed by atoms with Crippen molar-refractivity contribution in [3.8, 4) is 6.07 Å². The van der Waals surface area contributed by atoms with Crippen LogP contribution in [-0.4, -0.2) is 43.8 Å². The van der Waals surface area contributed by atoms with Crippen LogP contribution in [-0.2, 0) is 10.0 Å². The van der Waals surface area contributed by atoms with Crippen molar-refractivity contribution in [1.29, 1.82) is 5.26 Å². The Hall–Kier alpha value is -1.72. The quantitative estimate of drug-likeness (QED) is 0.824. The molecule has 0 radical (unpaired) electrons. The van der Waals surface area contributed by atoms with Gasteiger partial charge in [-0.3, -0.25) is 4.90 Å². The van der Waals surface area contributed by atoms with Crippen molar-refractivity contribution in [1.82, 2.24) is 9.21 Å². The minimum Gasteiger partial charge on any atom is -0.281 e. The lowest BCUT2D eigenvalue weighted by molar-refractivity contribution is 0.164. The van der Waals surface area contributed by atoms with Gasteiger partial charge in [0, 0.05) is 31.1 Å². The van der Waals surface area contributed by atoms with Gasteiger partial charge in [0.2, 0.25) is 10.0 Å². The van der Waals surface area contributed by atoms with E-state index in [0.29, 0.717) is 31.1 Å². The van der Waals surface area contributed by atoms with E-state index < -0.39 is 10.0 Å². The van der Waals surface area contributed by atoms with Crippen molar-refractivity contribution < 1.29 is 8.42 Å². The number of thiophene rings is 1. The van der Waals surface area contributed by atoms with Gasteiger partial charge in [-0.25, -0.2) is 8.42 Å². The van der Waals surface area contributed by atoms with Crippen molar-refractivity contribution in [2.45, 2.75) is 24.8 Å². The molecule has 0 N–H and O–H groups in total. The Morgan fingerprint density at radius 3 is 2.40 bits per heavy atom. The van der Waals surface area contributed by atoms with Crippen molar-refractivity contribution in [3.05, 3.63) is 51.7 Å². The van der Waals surface area contributed by atoms with Crippen LogP contribution in [0.15, 0.2) is 40.6 Å². The average molecular weight is 376 g/mol. The maximum Gasteiger partial charge on any atom is 0.243 e. The molecule has 1 aromatic carbocycles. The summed E-state index contributed by atoms with van der Waals surface area (Å²) in [5.41, 5.74) is 2.05. The van der Waals surface area contributed by atoms with E-state index in [0.717, 1.165) is 16.0 Å². The number of nitriles is 1. The Kier molecular flexibility index (Phi) is 5.25. The van der Waals surface area contributed by atoms with E-state index >= 15 is 0 Å². The molecule has 2 aromatic rings. The Morgan fingerprint density at radius 1 is 1.12 bits per heavy atom. The van der Waals surface area contributed by atoms with E-state index in [1.165, 1.54) is 4.31 Å². The molecular formula is C18H21N3O2S2. The molecule has 1 fully saturated rings. The summed E-state index contributed by atoms with van der Waals surface area (Å²) in [5.74, 6) is 0. The first kappa shape index (κ1) is 18.1. The molecule has 0 saturated carbocycles. The fraction of sp³-hybridized carbons (Fsp3) is 0.389. The molecule has 1 atom stereocenters. The smallest absolute Gasteiger partial charge is 0.243 e. The highest BCUT2D eigenvalue weighted by molar-refractivity contribution is 7.89. The second kappa shape index (κ2) is 7.26. The first-order valence-electron chi connectivity index (χ1n) is 8.18. The number of hydrogen-bond donors (Lipinski definition) is 0. The zero-order valence-electron chi connectivity index (χ0n) is 14.3. The van der Waals surface area contributed by atoms with Crippen molar-refractivity contribution in [2.75, 3.05) is 26.2 Å². The Morgan fingerprint density at radius 2 is 1.84 bits per heavy atom. The molecular weight excluding hydrogens is 354 g/mol. The third kappa shape index (κ3) is 3.62. The number of hydrogen-bond acceptors (Lipinski definition) is 5. The van der Waals surface area contributed by atoms with E-state index in [1.54, 1.807) is 23.5 Å². The summed E-state index contributed by atoms with van der Waals surface area (Å²) in [6.07, 6.45) is 0. The zero-order chi connectivity index (χ0) is 18.0. The second-order valence-corrected chi connectivity index (χ2v) is 9.15. The average Bonchev–Trinajstić information content (AvgIpc) is 3.13. The van der Waals surface area contributed by atoms with E-state index in [2.05, 4.69) is 11.0 Å². The standard InChI is InChI=1S/C18H21N3O2S2/c1-14-5-6-16(12-15(14)2)25(22,23)21-9-7-20(8-10-21)17(13-19)18-4-3-11-24-18/h3-6,11-12,17H,7-10H2,1-2H3. The first-order chi connectivity index (χ1) is 11.9. The Labute approximate surface area is 153 Å². The van der Waals surface area contributed by atoms with Crippen molar-refractivity contribution in [3.63, 3.8) is 0 Å². The minimum absolute atomic E-state index is 0.300. The van der Waals surface area contributed by atoms with Gasteiger partial charge >= 0.3 is 0 Å². The molecule has 1 unspecified atom stereocenters. The van der Waals surface area contributed by atoms with E-state index in [-0.39, 0.29) is 6.04 Å². The van der Waals surface area contributed by atoms with Crippen LogP contribution < -0.4 is 0 Å². The number of piperazine rings is 1. The lowest BCUT2D eigenvalue weighted by atomic mass is 10.1. The van der Waals surface area contributed by atoms with Gasteiger partial charge in [-0.15, -0.1) is 11.3 Å². The number of benzene rings is 1. The number of sulfonamides is 1. The van der Waals surface area contributed by atoms with Gasteiger partial charge < -0.3 is 0 Å². The van der Waals surface area contributed by atoms with E-state index in [4.69, 9.17) is 0 Å². The lowest BCUT2D eigenvalue weighted by Gasteiger charge is -2.36. The molecule has 3 rings (SSSR count). The zero-order valence-corrected chi connectivity index (χ0v) is 16.0. The minimum atomic E-state index is -3.48. The van der Waals surface area contributed by atoms with E-state index in [9.17, 15) is 13.7 Å². The van der Waals surface area contributed by atoms with Crippen LogP contribution in [0.2, 0.25) is 0 Å². The second-order valence-electron chi connectivity index (χ2n) is 6.23. The number of rotatable bonds is 4. The van der Waals surface area contributed by atoms with Crippen LogP contribution in [0, 0.1) is 25.2 Å².